The number of aromatic nitrogens is 1. The van der Waals surface area contributed by atoms with Crippen LogP contribution in [0.2, 0.25) is 0 Å². The zero-order valence-corrected chi connectivity index (χ0v) is 13.8. The molecule has 2 aliphatic rings. The van der Waals surface area contributed by atoms with E-state index in [1.54, 1.807) is 0 Å². The van der Waals surface area contributed by atoms with Crippen LogP contribution in [0.3, 0.4) is 0 Å². The average Bonchev–Trinajstić information content (AvgIpc) is 3.27. The monoisotopic (exact) mass is 312 g/mol. The fraction of sp³-hybridized carbons (Fsp3) is 0.526. The molecule has 1 unspecified atom stereocenters. The van der Waals surface area contributed by atoms with Gasteiger partial charge in [-0.1, -0.05) is 6.07 Å². The molecule has 2 atom stereocenters. The van der Waals surface area contributed by atoms with Crippen LogP contribution in [0, 0.1) is 11.3 Å². The summed E-state index contributed by atoms with van der Waals surface area (Å²) < 4.78 is 12.0. The molecule has 23 heavy (non-hydrogen) atoms. The van der Waals surface area contributed by atoms with E-state index < -0.39 is 0 Å². The van der Waals surface area contributed by atoms with E-state index >= 15 is 0 Å². The maximum Gasteiger partial charge on any atom is 0.221 e. The first-order valence-electron chi connectivity index (χ1n) is 8.55. The SMILES string of the molecule is CC(C)Oc1ccc2ccnc(OCC34CNCC[C@H]3C4)c2c1. The second-order valence-corrected chi connectivity index (χ2v) is 7.18. The van der Waals surface area contributed by atoms with E-state index in [0.29, 0.717) is 5.41 Å². The first-order chi connectivity index (χ1) is 11.2. The molecule has 2 aromatic rings. The molecule has 2 heterocycles. The Labute approximate surface area is 137 Å². The minimum Gasteiger partial charge on any atom is -0.491 e. The van der Waals surface area contributed by atoms with Gasteiger partial charge in [-0.05, 0) is 62.7 Å². The third kappa shape index (κ3) is 2.88. The van der Waals surface area contributed by atoms with Crippen molar-refractivity contribution in [1.29, 1.82) is 0 Å². The van der Waals surface area contributed by atoms with Gasteiger partial charge in [-0.25, -0.2) is 4.98 Å². The molecular weight excluding hydrogens is 288 g/mol. The highest BCUT2D eigenvalue weighted by Gasteiger charge is 2.55. The molecular formula is C19H24N2O2. The lowest BCUT2D eigenvalue weighted by Crippen LogP contribution is -2.35. The quantitative estimate of drug-likeness (QED) is 0.919. The average molecular weight is 312 g/mol. The molecule has 4 heteroatoms. The summed E-state index contributed by atoms with van der Waals surface area (Å²) in [5.74, 6) is 2.42. The highest BCUT2D eigenvalue weighted by molar-refractivity contribution is 5.87. The van der Waals surface area contributed by atoms with Gasteiger partial charge < -0.3 is 14.8 Å². The van der Waals surface area contributed by atoms with Crippen LogP contribution in [0.15, 0.2) is 30.5 Å². The number of ether oxygens (including phenoxy) is 2. The van der Waals surface area contributed by atoms with Gasteiger partial charge in [0, 0.05) is 23.5 Å². The van der Waals surface area contributed by atoms with Gasteiger partial charge in [0.15, 0.2) is 0 Å². The van der Waals surface area contributed by atoms with E-state index in [9.17, 15) is 0 Å². The Morgan fingerprint density at radius 1 is 1.35 bits per heavy atom. The maximum absolute atomic E-state index is 6.16. The Hall–Kier alpha value is -1.81. The largest absolute Gasteiger partial charge is 0.491 e. The molecule has 0 radical (unpaired) electrons. The second kappa shape index (κ2) is 5.68. The standard InChI is InChI=1S/C19H24N2O2/c1-13(2)23-16-4-3-14-5-8-21-18(17(14)9-16)22-12-19-10-15(19)6-7-20-11-19/h3-5,8-9,13,15,20H,6-7,10-12H2,1-2H3/t15-,19?/m0/s1. The molecule has 1 N–H and O–H groups in total. The lowest BCUT2D eigenvalue weighted by atomic mass is 10.00. The third-order valence-electron chi connectivity index (χ3n) is 5.07. The van der Waals surface area contributed by atoms with Crippen molar-refractivity contribution in [2.24, 2.45) is 11.3 Å². The minimum atomic E-state index is 0.160. The topological polar surface area (TPSA) is 43.4 Å². The van der Waals surface area contributed by atoms with Crippen LogP contribution in [-0.4, -0.2) is 30.8 Å². The smallest absolute Gasteiger partial charge is 0.221 e. The van der Waals surface area contributed by atoms with Crippen molar-refractivity contribution in [3.05, 3.63) is 30.5 Å². The van der Waals surface area contributed by atoms with Crippen molar-refractivity contribution >= 4 is 10.8 Å². The van der Waals surface area contributed by atoms with Gasteiger partial charge in [-0.3, -0.25) is 0 Å². The van der Waals surface area contributed by atoms with Crippen molar-refractivity contribution in [2.75, 3.05) is 19.7 Å². The maximum atomic E-state index is 6.16. The summed E-state index contributed by atoms with van der Waals surface area (Å²) in [4.78, 5) is 4.46. The summed E-state index contributed by atoms with van der Waals surface area (Å²) in [7, 11) is 0. The Morgan fingerprint density at radius 2 is 2.26 bits per heavy atom. The summed E-state index contributed by atoms with van der Waals surface area (Å²) in [5, 5.41) is 5.67. The summed E-state index contributed by atoms with van der Waals surface area (Å²) >= 11 is 0. The summed E-state index contributed by atoms with van der Waals surface area (Å²) in [6, 6.07) is 8.13. The molecule has 2 fully saturated rings. The lowest BCUT2D eigenvalue weighted by Gasteiger charge is -2.23. The van der Waals surface area contributed by atoms with Crippen LogP contribution in [0.25, 0.3) is 10.8 Å². The van der Waals surface area contributed by atoms with Gasteiger partial charge in [0.2, 0.25) is 5.88 Å². The van der Waals surface area contributed by atoms with Crippen molar-refractivity contribution < 1.29 is 9.47 Å². The Balaban J connectivity index is 1.56. The summed E-state index contributed by atoms with van der Waals surface area (Å²) in [5.41, 5.74) is 0.341. The first-order valence-corrected chi connectivity index (χ1v) is 8.55. The number of fused-ring (bicyclic) bond motifs is 2. The number of nitrogens with one attached hydrogen (secondary N) is 1. The van der Waals surface area contributed by atoms with Crippen LogP contribution in [0.1, 0.15) is 26.7 Å². The molecule has 0 spiro atoms. The van der Waals surface area contributed by atoms with E-state index in [1.165, 1.54) is 12.8 Å². The van der Waals surface area contributed by atoms with Crippen molar-refractivity contribution in [1.82, 2.24) is 10.3 Å². The minimum absolute atomic E-state index is 0.160. The number of benzene rings is 1. The van der Waals surface area contributed by atoms with E-state index in [1.807, 2.05) is 38.2 Å². The molecule has 1 aliphatic heterocycles. The highest BCUT2D eigenvalue weighted by Crippen LogP contribution is 2.55. The van der Waals surface area contributed by atoms with Crippen LogP contribution in [0.4, 0.5) is 0 Å². The van der Waals surface area contributed by atoms with Gasteiger partial charge in [0.1, 0.15) is 5.75 Å². The van der Waals surface area contributed by atoms with Crippen molar-refractivity contribution in [3.63, 3.8) is 0 Å². The number of piperidine rings is 1. The Morgan fingerprint density at radius 3 is 3.09 bits per heavy atom. The zero-order chi connectivity index (χ0) is 15.9. The van der Waals surface area contributed by atoms with Crippen molar-refractivity contribution in [2.45, 2.75) is 32.8 Å². The summed E-state index contributed by atoms with van der Waals surface area (Å²) in [6.07, 6.45) is 4.54. The molecule has 122 valence electrons. The van der Waals surface area contributed by atoms with Gasteiger partial charge in [-0.2, -0.15) is 0 Å². The molecule has 4 nitrogen and oxygen atoms in total. The first kappa shape index (κ1) is 14.8. The Kier molecular flexibility index (Phi) is 3.64. The van der Waals surface area contributed by atoms with Crippen LogP contribution >= 0.6 is 0 Å². The third-order valence-corrected chi connectivity index (χ3v) is 5.07. The van der Waals surface area contributed by atoms with Crippen LogP contribution in [0.5, 0.6) is 11.6 Å². The fourth-order valence-electron chi connectivity index (χ4n) is 3.69. The van der Waals surface area contributed by atoms with E-state index in [-0.39, 0.29) is 6.10 Å². The zero-order valence-electron chi connectivity index (χ0n) is 13.8. The number of pyridine rings is 1. The lowest BCUT2D eigenvalue weighted by molar-refractivity contribution is 0.196. The van der Waals surface area contributed by atoms with E-state index in [4.69, 9.17) is 9.47 Å². The normalized spacial score (nSPS) is 26.1. The number of hydrogen-bond acceptors (Lipinski definition) is 4. The molecule has 1 saturated carbocycles. The molecule has 1 aromatic carbocycles. The predicted octanol–water partition coefficient (Wildman–Crippen LogP) is 3.40. The number of hydrogen-bond donors (Lipinski definition) is 1. The van der Waals surface area contributed by atoms with E-state index in [0.717, 1.165) is 48.0 Å². The van der Waals surface area contributed by atoms with Gasteiger partial charge in [0.05, 0.1) is 12.7 Å². The van der Waals surface area contributed by atoms with Crippen LogP contribution < -0.4 is 14.8 Å². The number of rotatable bonds is 5. The van der Waals surface area contributed by atoms with Crippen LogP contribution in [-0.2, 0) is 0 Å². The second-order valence-electron chi connectivity index (χ2n) is 7.18. The fourth-order valence-corrected chi connectivity index (χ4v) is 3.69. The highest BCUT2D eigenvalue weighted by atomic mass is 16.5. The molecule has 0 amide bonds. The van der Waals surface area contributed by atoms with Gasteiger partial charge in [-0.15, -0.1) is 0 Å². The molecule has 4 rings (SSSR count). The predicted molar refractivity (Wildman–Crippen MR) is 91.0 cm³/mol. The Bertz CT molecular complexity index is 716. The molecule has 1 aromatic heterocycles. The number of nitrogens with zero attached hydrogens (tertiary/aromatic N) is 1. The summed E-state index contributed by atoms with van der Waals surface area (Å²) in [6.45, 7) is 7.05. The molecule has 1 saturated heterocycles. The van der Waals surface area contributed by atoms with E-state index in [2.05, 4.69) is 16.4 Å². The van der Waals surface area contributed by atoms with Crippen molar-refractivity contribution in [3.8, 4) is 11.6 Å². The molecule has 1 aliphatic carbocycles. The van der Waals surface area contributed by atoms with Gasteiger partial charge in [0.25, 0.3) is 0 Å². The molecule has 0 bridgehead atoms. The van der Waals surface area contributed by atoms with Gasteiger partial charge >= 0.3 is 0 Å².